The van der Waals surface area contributed by atoms with Gasteiger partial charge in [-0.05, 0) is 43.3 Å². The zero-order valence-corrected chi connectivity index (χ0v) is 10.6. The summed E-state index contributed by atoms with van der Waals surface area (Å²) in [5, 5.41) is 10.4. The summed E-state index contributed by atoms with van der Waals surface area (Å²) in [5.41, 5.74) is 1.90. The molecule has 0 bridgehead atoms. The third kappa shape index (κ3) is 2.44. The molecule has 0 spiro atoms. The Balaban J connectivity index is 1.99. The van der Waals surface area contributed by atoms with Crippen LogP contribution in [0.25, 0.3) is 0 Å². The first kappa shape index (κ1) is 11.6. The van der Waals surface area contributed by atoms with E-state index in [1.54, 1.807) is 11.3 Å². The highest BCUT2D eigenvalue weighted by Gasteiger charge is 2.23. The van der Waals surface area contributed by atoms with Crippen molar-refractivity contribution >= 4 is 17.2 Å². The van der Waals surface area contributed by atoms with Gasteiger partial charge < -0.3 is 10.6 Å². The van der Waals surface area contributed by atoms with Gasteiger partial charge in [-0.2, -0.15) is 11.3 Å². The molecule has 2 unspecified atom stereocenters. The maximum absolute atomic E-state index is 12.0. The van der Waals surface area contributed by atoms with Gasteiger partial charge in [0.25, 0.3) is 5.91 Å². The summed E-state index contributed by atoms with van der Waals surface area (Å²) in [5.74, 6) is 0.592. The number of piperidine rings is 1. The molecule has 1 aliphatic rings. The molecule has 1 saturated heterocycles. The largest absolute Gasteiger partial charge is 0.349 e. The lowest BCUT2D eigenvalue weighted by atomic mass is 9.95. The van der Waals surface area contributed by atoms with Crippen molar-refractivity contribution in [1.82, 2.24) is 10.6 Å². The Morgan fingerprint density at radius 3 is 3.00 bits per heavy atom. The van der Waals surface area contributed by atoms with Gasteiger partial charge >= 0.3 is 0 Å². The Morgan fingerprint density at radius 1 is 1.56 bits per heavy atom. The normalized spacial score (nSPS) is 25.4. The van der Waals surface area contributed by atoms with Crippen molar-refractivity contribution in [3.8, 4) is 0 Å². The van der Waals surface area contributed by atoms with Crippen molar-refractivity contribution in [3.05, 3.63) is 21.9 Å². The Bertz CT molecular complexity index is 375. The van der Waals surface area contributed by atoms with Gasteiger partial charge in [-0.1, -0.05) is 6.92 Å². The third-order valence-corrected chi connectivity index (χ3v) is 4.06. The van der Waals surface area contributed by atoms with Crippen LogP contribution in [0, 0.1) is 12.8 Å². The molecular weight excluding hydrogens is 220 g/mol. The second-order valence-electron chi connectivity index (χ2n) is 4.52. The molecule has 2 N–H and O–H groups in total. The van der Waals surface area contributed by atoms with Crippen molar-refractivity contribution in [1.29, 1.82) is 0 Å². The average molecular weight is 238 g/mol. The van der Waals surface area contributed by atoms with Crippen molar-refractivity contribution < 1.29 is 4.79 Å². The molecule has 88 valence electrons. The van der Waals surface area contributed by atoms with Crippen molar-refractivity contribution in [2.75, 3.05) is 13.1 Å². The number of carbonyl (C=O) groups excluding carboxylic acids is 1. The molecule has 2 rings (SSSR count). The molecule has 1 aliphatic heterocycles. The van der Waals surface area contributed by atoms with E-state index in [4.69, 9.17) is 0 Å². The second-order valence-corrected chi connectivity index (χ2v) is 5.26. The smallest absolute Gasteiger partial charge is 0.252 e. The molecule has 0 aliphatic carbocycles. The lowest BCUT2D eigenvalue weighted by Crippen LogP contribution is -2.48. The van der Waals surface area contributed by atoms with E-state index in [0.29, 0.717) is 12.0 Å². The van der Waals surface area contributed by atoms with Gasteiger partial charge in [-0.3, -0.25) is 4.79 Å². The first-order valence-electron chi connectivity index (χ1n) is 5.73. The summed E-state index contributed by atoms with van der Waals surface area (Å²) >= 11 is 1.58. The molecule has 16 heavy (non-hydrogen) atoms. The number of rotatable bonds is 2. The van der Waals surface area contributed by atoms with E-state index >= 15 is 0 Å². The highest BCUT2D eigenvalue weighted by atomic mass is 32.1. The van der Waals surface area contributed by atoms with E-state index in [-0.39, 0.29) is 5.91 Å². The molecule has 2 atom stereocenters. The van der Waals surface area contributed by atoms with Gasteiger partial charge in [0.1, 0.15) is 0 Å². The van der Waals surface area contributed by atoms with Crippen molar-refractivity contribution in [3.63, 3.8) is 0 Å². The predicted molar refractivity (Wildman–Crippen MR) is 67.0 cm³/mol. The fraction of sp³-hybridized carbons (Fsp3) is 0.583. The van der Waals surface area contributed by atoms with Crippen LogP contribution >= 0.6 is 11.3 Å². The Kier molecular flexibility index (Phi) is 3.61. The molecule has 2 heterocycles. The quantitative estimate of drug-likeness (QED) is 0.824. The standard InChI is InChI=1S/C12H18N2OS/c1-8-5-13-4-3-11(8)14-12(15)10-7-16-6-9(10)2/h6-8,11,13H,3-5H2,1-2H3,(H,14,15). The topological polar surface area (TPSA) is 41.1 Å². The van der Waals surface area contributed by atoms with Gasteiger partial charge in [0.2, 0.25) is 0 Å². The van der Waals surface area contributed by atoms with Gasteiger partial charge in [0, 0.05) is 11.4 Å². The summed E-state index contributed by atoms with van der Waals surface area (Å²) in [4.78, 5) is 12.0. The lowest BCUT2D eigenvalue weighted by molar-refractivity contribution is 0.0914. The molecule has 0 saturated carbocycles. The molecule has 0 radical (unpaired) electrons. The minimum absolute atomic E-state index is 0.0810. The van der Waals surface area contributed by atoms with Crippen LogP contribution in [0.3, 0.4) is 0 Å². The molecule has 3 nitrogen and oxygen atoms in total. The van der Waals surface area contributed by atoms with Crippen LogP contribution in [0.2, 0.25) is 0 Å². The fourth-order valence-corrected chi connectivity index (χ4v) is 2.90. The molecule has 1 fully saturated rings. The van der Waals surface area contributed by atoms with Gasteiger partial charge in [-0.15, -0.1) is 0 Å². The van der Waals surface area contributed by atoms with Gasteiger partial charge in [0.15, 0.2) is 0 Å². The van der Waals surface area contributed by atoms with E-state index in [9.17, 15) is 4.79 Å². The molecule has 1 amide bonds. The highest BCUT2D eigenvalue weighted by molar-refractivity contribution is 7.08. The molecule has 4 heteroatoms. The summed E-state index contributed by atoms with van der Waals surface area (Å²) in [6.45, 7) is 6.15. The van der Waals surface area contributed by atoms with E-state index in [2.05, 4.69) is 17.6 Å². The monoisotopic (exact) mass is 238 g/mol. The summed E-state index contributed by atoms with van der Waals surface area (Å²) in [6.07, 6.45) is 1.02. The Labute approximate surface area is 100 Å². The third-order valence-electron chi connectivity index (χ3n) is 3.20. The molecular formula is C12H18N2OS. The highest BCUT2D eigenvalue weighted by Crippen LogP contribution is 2.16. The molecule has 1 aromatic rings. The van der Waals surface area contributed by atoms with Crippen LogP contribution in [0.15, 0.2) is 10.8 Å². The Morgan fingerprint density at radius 2 is 2.38 bits per heavy atom. The summed E-state index contributed by atoms with van der Waals surface area (Å²) < 4.78 is 0. The molecule has 1 aromatic heterocycles. The second kappa shape index (κ2) is 4.97. The van der Waals surface area contributed by atoms with E-state index in [0.717, 1.165) is 30.6 Å². The van der Waals surface area contributed by atoms with Crippen LogP contribution in [0.1, 0.15) is 29.3 Å². The van der Waals surface area contributed by atoms with Gasteiger partial charge in [-0.25, -0.2) is 0 Å². The lowest BCUT2D eigenvalue weighted by Gasteiger charge is -2.30. The predicted octanol–water partition coefficient (Wildman–Crippen LogP) is 1.78. The fourth-order valence-electron chi connectivity index (χ4n) is 2.07. The first-order valence-corrected chi connectivity index (χ1v) is 6.67. The number of nitrogens with one attached hydrogen (secondary N) is 2. The average Bonchev–Trinajstić information content (AvgIpc) is 2.68. The van der Waals surface area contributed by atoms with Crippen LogP contribution in [-0.2, 0) is 0 Å². The van der Waals surface area contributed by atoms with Crippen molar-refractivity contribution in [2.45, 2.75) is 26.3 Å². The summed E-state index contributed by atoms with van der Waals surface area (Å²) in [6, 6.07) is 0.313. The van der Waals surface area contributed by atoms with Crippen LogP contribution in [0.5, 0.6) is 0 Å². The minimum atomic E-state index is 0.0810. The number of hydrogen-bond donors (Lipinski definition) is 2. The van der Waals surface area contributed by atoms with Crippen molar-refractivity contribution in [2.24, 2.45) is 5.92 Å². The van der Waals surface area contributed by atoms with E-state index in [1.165, 1.54) is 0 Å². The maximum atomic E-state index is 12.0. The first-order chi connectivity index (χ1) is 7.68. The van der Waals surface area contributed by atoms with Gasteiger partial charge in [0.05, 0.1) is 5.56 Å². The molecule has 0 aromatic carbocycles. The zero-order valence-electron chi connectivity index (χ0n) is 9.75. The van der Waals surface area contributed by atoms with E-state index < -0.39 is 0 Å². The number of hydrogen-bond acceptors (Lipinski definition) is 3. The number of amides is 1. The number of carbonyl (C=O) groups is 1. The number of thiophene rings is 1. The maximum Gasteiger partial charge on any atom is 0.252 e. The Hall–Kier alpha value is -0.870. The van der Waals surface area contributed by atoms with E-state index in [1.807, 2.05) is 17.7 Å². The summed E-state index contributed by atoms with van der Waals surface area (Å²) in [7, 11) is 0. The van der Waals surface area contributed by atoms with Crippen LogP contribution in [0.4, 0.5) is 0 Å². The SMILES string of the molecule is Cc1cscc1C(=O)NC1CCNCC1C. The number of aryl methyl sites for hydroxylation is 1. The van der Waals surface area contributed by atoms with Crippen LogP contribution in [-0.4, -0.2) is 25.0 Å². The minimum Gasteiger partial charge on any atom is -0.349 e. The zero-order chi connectivity index (χ0) is 11.5. The van der Waals surface area contributed by atoms with Crippen LogP contribution < -0.4 is 10.6 Å².